The molecule has 0 saturated carbocycles. The Kier molecular flexibility index (Phi) is 4.50. The van der Waals surface area contributed by atoms with Crippen molar-refractivity contribution in [1.29, 1.82) is 0 Å². The molecule has 4 nitrogen and oxygen atoms in total. The second-order valence-electron chi connectivity index (χ2n) is 5.32. The molecule has 3 rings (SSSR count). The van der Waals surface area contributed by atoms with Crippen molar-refractivity contribution in [2.75, 3.05) is 13.2 Å². The van der Waals surface area contributed by atoms with E-state index >= 15 is 0 Å². The molecule has 1 aliphatic heterocycles. The van der Waals surface area contributed by atoms with E-state index in [4.69, 9.17) is 9.26 Å². The van der Waals surface area contributed by atoms with Gasteiger partial charge >= 0.3 is 0 Å². The maximum atomic E-state index is 5.76. The van der Waals surface area contributed by atoms with E-state index in [0.717, 1.165) is 44.1 Å². The minimum absolute atomic E-state index is 0.360. The van der Waals surface area contributed by atoms with Crippen molar-refractivity contribution in [2.45, 2.75) is 39.0 Å². The van der Waals surface area contributed by atoms with Crippen molar-refractivity contribution in [1.82, 2.24) is 10.1 Å². The summed E-state index contributed by atoms with van der Waals surface area (Å²) in [4.78, 5) is 3.76. The monoisotopic (exact) mass is 292 g/mol. The molecule has 5 heteroatoms. The van der Waals surface area contributed by atoms with Crippen molar-refractivity contribution in [3.63, 3.8) is 0 Å². The highest BCUT2D eigenvalue weighted by Gasteiger charge is 2.20. The molecule has 3 heterocycles. The fraction of sp³-hybridized carbons (Fsp3) is 0.533. The second-order valence-corrected chi connectivity index (χ2v) is 6.35. The summed E-state index contributed by atoms with van der Waals surface area (Å²) >= 11 is 1.80. The van der Waals surface area contributed by atoms with E-state index in [9.17, 15) is 0 Å². The summed E-state index contributed by atoms with van der Waals surface area (Å²) < 4.78 is 11.1. The van der Waals surface area contributed by atoms with Crippen molar-refractivity contribution in [3.8, 4) is 0 Å². The zero-order valence-corrected chi connectivity index (χ0v) is 12.6. The molecule has 2 aromatic heterocycles. The average Bonchev–Trinajstić information content (AvgIpc) is 3.13. The number of aryl methyl sites for hydroxylation is 1. The SMILES string of the molecule is Cc1cc(CN(Cc2cccs2)C[C@@H]2CCCO2)on1. The maximum absolute atomic E-state index is 5.76. The van der Waals surface area contributed by atoms with Gasteiger partial charge in [-0.05, 0) is 31.2 Å². The van der Waals surface area contributed by atoms with Crippen LogP contribution in [0.2, 0.25) is 0 Å². The Balaban J connectivity index is 1.65. The molecule has 1 saturated heterocycles. The van der Waals surface area contributed by atoms with E-state index < -0.39 is 0 Å². The highest BCUT2D eigenvalue weighted by Crippen LogP contribution is 2.19. The van der Waals surface area contributed by atoms with Crippen molar-refractivity contribution in [3.05, 3.63) is 39.9 Å². The smallest absolute Gasteiger partial charge is 0.150 e. The Labute approximate surface area is 123 Å². The molecule has 0 bridgehead atoms. The highest BCUT2D eigenvalue weighted by atomic mass is 32.1. The van der Waals surface area contributed by atoms with Crippen LogP contribution in [0.25, 0.3) is 0 Å². The van der Waals surface area contributed by atoms with Gasteiger partial charge in [-0.15, -0.1) is 11.3 Å². The topological polar surface area (TPSA) is 38.5 Å². The number of nitrogens with zero attached hydrogens (tertiary/aromatic N) is 2. The molecule has 108 valence electrons. The van der Waals surface area contributed by atoms with Crippen LogP contribution < -0.4 is 0 Å². The molecule has 0 aromatic carbocycles. The van der Waals surface area contributed by atoms with E-state index in [1.54, 1.807) is 11.3 Å². The van der Waals surface area contributed by atoms with Crippen LogP contribution in [-0.4, -0.2) is 29.3 Å². The third-order valence-corrected chi connectivity index (χ3v) is 4.36. The summed E-state index contributed by atoms with van der Waals surface area (Å²) in [6.45, 7) is 5.54. The van der Waals surface area contributed by atoms with E-state index in [-0.39, 0.29) is 0 Å². The van der Waals surface area contributed by atoms with Gasteiger partial charge in [-0.2, -0.15) is 0 Å². The Morgan fingerprint density at radius 1 is 1.45 bits per heavy atom. The van der Waals surface area contributed by atoms with Gasteiger partial charge in [0.05, 0.1) is 18.3 Å². The molecular weight excluding hydrogens is 272 g/mol. The third-order valence-electron chi connectivity index (χ3n) is 3.50. The van der Waals surface area contributed by atoms with Crippen molar-refractivity contribution in [2.24, 2.45) is 0 Å². The predicted molar refractivity (Wildman–Crippen MR) is 78.6 cm³/mol. The Hall–Kier alpha value is -1.17. The summed E-state index contributed by atoms with van der Waals surface area (Å²) in [5.74, 6) is 0.928. The molecule has 1 aliphatic rings. The standard InChI is InChI=1S/C15H20N2O2S/c1-12-8-14(19-16-12)10-17(9-13-4-2-6-18-13)11-15-5-3-7-20-15/h3,5,7-8,13H,2,4,6,9-11H2,1H3/t13-/m0/s1. The minimum atomic E-state index is 0.360. The van der Waals surface area contributed by atoms with Gasteiger partial charge in [0.1, 0.15) is 0 Å². The lowest BCUT2D eigenvalue weighted by Crippen LogP contribution is -2.31. The predicted octanol–water partition coefficient (Wildman–Crippen LogP) is 3.23. The first-order valence-electron chi connectivity index (χ1n) is 7.08. The van der Waals surface area contributed by atoms with Gasteiger partial charge in [-0.3, -0.25) is 4.90 Å². The minimum Gasteiger partial charge on any atom is -0.377 e. The summed E-state index contributed by atoms with van der Waals surface area (Å²) in [6.07, 6.45) is 2.70. The Bertz CT molecular complexity index is 518. The van der Waals surface area contributed by atoms with Gasteiger partial charge in [-0.1, -0.05) is 11.2 Å². The van der Waals surface area contributed by atoms with Crippen LogP contribution in [0.4, 0.5) is 0 Å². The first-order chi connectivity index (χ1) is 9.79. The fourth-order valence-corrected chi connectivity index (χ4v) is 3.34. The largest absolute Gasteiger partial charge is 0.377 e. The lowest BCUT2D eigenvalue weighted by atomic mass is 10.2. The normalized spacial score (nSPS) is 19.0. The Morgan fingerprint density at radius 2 is 2.40 bits per heavy atom. The van der Waals surface area contributed by atoms with Crippen LogP contribution in [0.5, 0.6) is 0 Å². The van der Waals surface area contributed by atoms with Gasteiger partial charge in [0, 0.05) is 30.6 Å². The second kappa shape index (κ2) is 6.52. The van der Waals surface area contributed by atoms with Gasteiger partial charge in [0.2, 0.25) is 0 Å². The lowest BCUT2D eigenvalue weighted by molar-refractivity contribution is 0.0650. The van der Waals surface area contributed by atoms with Crippen LogP contribution in [-0.2, 0) is 17.8 Å². The van der Waals surface area contributed by atoms with Crippen LogP contribution >= 0.6 is 11.3 Å². The molecule has 20 heavy (non-hydrogen) atoms. The highest BCUT2D eigenvalue weighted by molar-refractivity contribution is 7.09. The average molecular weight is 292 g/mol. The van der Waals surface area contributed by atoms with E-state index in [0.29, 0.717) is 6.10 Å². The zero-order valence-electron chi connectivity index (χ0n) is 11.7. The first-order valence-corrected chi connectivity index (χ1v) is 7.96. The van der Waals surface area contributed by atoms with Crippen LogP contribution in [0, 0.1) is 6.92 Å². The van der Waals surface area contributed by atoms with Crippen molar-refractivity contribution < 1.29 is 9.26 Å². The Morgan fingerprint density at radius 3 is 3.05 bits per heavy atom. The molecule has 1 fully saturated rings. The number of ether oxygens (including phenoxy) is 1. The third kappa shape index (κ3) is 3.69. The molecule has 1 atom stereocenters. The van der Waals surface area contributed by atoms with Crippen LogP contribution in [0.15, 0.2) is 28.1 Å². The van der Waals surface area contributed by atoms with E-state index in [1.165, 1.54) is 11.3 Å². The molecule has 0 aliphatic carbocycles. The van der Waals surface area contributed by atoms with Crippen molar-refractivity contribution >= 4 is 11.3 Å². The van der Waals surface area contributed by atoms with Gasteiger partial charge < -0.3 is 9.26 Å². The molecular formula is C15H20N2O2S. The summed E-state index contributed by atoms with van der Waals surface area (Å²) in [7, 11) is 0. The van der Waals surface area contributed by atoms with E-state index in [2.05, 4.69) is 27.6 Å². The molecule has 0 N–H and O–H groups in total. The van der Waals surface area contributed by atoms with Crippen LogP contribution in [0.1, 0.15) is 29.2 Å². The number of thiophene rings is 1. The zero-order chi connectivity index (χ0) is 13.8. The number of rotatable bonds is 6. The summed E-state index contributed by atoms with van der Waals surface area (Å²) in [6, 6.07) is 6.29. The molecule has 2 aromatic rings. The molecule has 0 unspecified atom stereocenters. The quantitative estimate of drug-likeness (QED) is 0.819. The lowest BCUT2D eigenvalue weighted by Gasteiger charge is -2.23. The number of hydrogen-bond donors (Lipinski definition) is 0. The fourth-order valence-electron chi connectivity index (χ4n) is 2.60. The van der Waals surface area contributed by atoms with E-state index in [1.807, 2.05) is 13.0 Å². The van der Waals surface area contributed by atoms with Gasteiger partial charge in [-0.25, -0.2) is 0 Å². The first kappa shape index (κ1) is 13.8. The van der Waals surface area contributed by atoms with Gasteiger partial charge in [0.25, 0.3) is 0 Å². The summed E-state index contributed by atoms with van der Waals surface area (Å²) in [5.41, 5.74) is 0.938. The molecule has 0 radical (unpaired) electrons. The number of aromatic nitrogens is 1. The maximum Gasteiger partial charge on any atom is 0.150 e. The van der Waals surface area contributed by atoms with Gasteiger partial charge in [0.15, 0.2) is 5.76 Å². The summed E-state index contributed by atoms with van der Waals surface area (Å²) in [5, 5.41) is 6.09. The number of hydrogen-bond acceptors (Lipinski definition) is 5. The molecule has 0 amide bonds. The molecule has 0 spiro atoms. The van der Waals surface area contributed by atoms with Crippen LogP contribution in [0.3, 0.4) is 0 Å².